The van der Waals surface area contributed by atoms with E-state index in [1.807, 2.05) is 6.26 Å². The second-order valence-electron chi connectivity index (χ2n) is 4.79. The van der Waals surface area contributed by atoms with Gasteiger partial charge in [0, 0.05) is 7.05 Å². The van der Waals surface area contributed by atoms with Gasteiger partial charge in [-0.25, -0.2) is 4.79 Å². The molecule has 0 saturated heterocycles. The summed E-state index contributed by atoms with van der Waals surface area (Å²) < 4.78 is 10.1. The van der Waals surface area contributed by atoms with Crippen molar-refractivity contribution < 1.29 is 23.9 Å². The first kappa shape index (κ1) is 19.8. The van der Waals surface area contributed by atoms with Gasteiger partial charge >= 0.3 is 5.97 Å². The molecule has 0 spiro atoms. The van der Waals surface area contributed by atoms with E-state index in [0.29, 0.717) is 23.5 Å². The van der Waals surface area contributed by atoms with Crippen LogP contribution < -0.4 is 15.4 Å². The summed E-state index contributed by atoms with van der Waals surface area (Å²) in [5, 5.41) is 5.01. The van der Waals surface area contributed by atoms with Crippen LogP contribution in [0.4, 0.5) is 0 Å². The van der Waals surface area contributed by atoms with Crippen molar-refractivity contribution in [1.29, 1.82) is 0 Å². The van der Waals surface area contributed by atoms with Gasteiger partial charge in [-0.05, 0) is 30.6 Å². The van der Waals surface area contributed by atoms with Gasteiger partial charge in [-0.1, -0.05) is 12.1 Å². The van der Waals surface area contributed by atoms with E-state index in [9.17, 15) is 14.4 Å². The van der Waals surface area contributed by atoms with Gasteiger partial charge in [0.2, 0.25) is 0 Å². The number of methoxy groups -OCH3 is 1. The van der Waals surface area contributed by atoms with Gasteiger partial charge in [-0.3, -0.25) is 9.59 Å². The third-order valence-corrected chi connectivity index (χ3v) is 3.82. The van der Waals surface area contributed by atoms with Crippen LogP contribution in [0.25, 0.3) is 0 Å². The number of carbonyl (C=O) groups excluding carboxylic acids is 3. The fourth-order valence-electron chi connectivity index (χ4n) is 1.86. The van der Waals surface area contributed by atoms with E-state index in [0.717, 1.165) is 0 Å². The molecule has 0 heterocycles. The predicted octanol–water partition coefficient (Wildman–Crippen LogP) is 0.836. The molecule has 0 fully saturated rings. The average Bonchev–Trinajstić information content (AvgIpc) is 2.62. The Kier molecular flexibility index (Phi) is 8.70. The number of hydrogen-bond donors (Lipinski definition) is 2. The molecule has 1 aromatic rings. The molecule has 1 atom stereocenters. The minimum atomic E-state index is -0.834. The summed E-state index contributed by atoms with van der Waals surface area (Å²) in [5.41, 5.74) is 0.327. The summed E-state index contributed by atoms with van der Waals surface area (Å²) in [6.07, 6.45) is 2.30. The highest BCUT2D eigenvalue weighted by molar-refractivity contribution is 7.98. The van der Waals surface area contributed by atoms with Gasteiger partial charge in [0.1, 0.15) is 11.8 Å². The van der Waals surface area contributed by atoms with Crippen molar-refractivity contribution in [2.75, 3.05) is 32.8 Å². The quantitative estimate of drug-likeness (QED) is 0.638. The highest BCUT2D eigenvalue weighted by Crippen LogP contribution is 2.17. The Bertz CT molecular complexity index is 579. The molecule has 0 unspecified atom stereocenters. The van der Waals surface area contributed by atoms with Crippen molar-refractivity contribution in [2.24, 2.45) is 0 Å². The SMILES string of the molecule is CNC(=O)COC(=O)[C@@H](CCSC)NC(=O)c1ccccc1OC. The van der Waals surface area contributed by atoms with E-state index in [4.69, 9.17) is 9.47 Å². The van der Waals surface area contributed by atoms with Crippen LogP contribution in [-0.4, -0.2) is 56.6 Å². The second kappa shape index (κ2) is 10.5. The summed E-state index contributed by atoms with van der Waals surface area (Å²) in [7, 11) is 2.92. The fourth-order valence-corrected chi connectivity index (χ4v) is 2.33. The molecule has 8 heteroatoms. The third kappa shape index (κ3) is 6.11. The number of para-hydroxylation sites is 1. The van der Waals surface area contributed by atoms with Crippen LogP contribution in [-0.2, 0) is 14.3 Å². The van der Waals surface area contributed by atoms with Crippen LogP contribution in [0.3, 0.4) is 0 Å². The lowest BCUT2D eigenvalue weighted by atomic mass is 10.1. The van der Waals surface area contributed by atoms with E-state index in [-0.39, 0.29) is 6.61 Å². The van der Waals surface area contributed by atoms with Crippen LogP contribution in [0.15, 0.2) is 24.3 Å². The highest BCUT2D eigenvalue weighted by atomic mass is 32.2. The summed E-state index contributed by atoms with van der Waals surface area (Å²) in [6, 6.07) is 5.89. The molecule has 2 amide bonds. The summed E-state index contributed by atoms with van der Waals surface area (Å²) in [6.45, 7) is -0.379. The number of hydrogen-bond acceptors (Lipinski definition) is 6. The Morgan fingerprint density at radius 2 is 1.96 bits per heavy atom. The maximum absolute atomic E-state index is 12.4. The van der Waals surface area contributed by atoms with Gasteiger partial charge in [-0.15, -0.1) is 0 Å². The number of ether oxygens (including phenoxy) is 2. The zero-order valence-electron chi connectivity index (χ0n) is 14.0. The molecule has 1 rings (SSSR count). The fraction of sp³-hybridized carbons (Fsp3) is 0.438. The van der Waals surface area contributed by atoms with Crippen molar-refractivity contribution in [3.05, 3.63) is 29.8 Å². The first-order valence-corrected chi connectivity index (χ1v) is 8.72. The maximum atomic E-state index is 12.4. The topological polar surface area (TPSA) is 93.7 Å². The van der Waals surface area contributed by atoms with Crippen molar-refractivity contribution >= 4 is 29.5 Å². The van der Waals surface area contributed by atoms with Gasteiger partial charge in [-0.2, -0.15) is 11.8 Å². The van der Waals surface area contributed by atoms with E-state index >= 15 is 0 Å². The molecular weight excluding hydrogens is 332 g/mol. The van der Waals surface area contributed by atoms with E-state index in [1.165, 1.54) is 14.2 Å². The number of thioether (sulfide) groups is 1. The molecule has 0 aliphatic rings. The monoisotopic (exact) mass is 354 g/mol. The van der Waals surface area contributed by atoms with Crippen LogP contribution in [0.5, 0.6) is 5.75 Å². The molecule has 7 nitrogen and oxygen atoms in total. The molecule has 1 aromatic carbocycles. The van der Waals surface area contributed by atoms with E-state index in [1.54, 1.807) is 36.0 Å². The molecule has 2 N–H and O–H groups in total. The number of amides is 2. The molecule has 0 aromatic heterocycles. The zero-order valence-corrected chi connectivity index (χ0v) is 14.8. The van der Waals surface area contributed by atoms with Crippen molar-refractivity contribution in [3.8, 4) is 5.75 Å². The Balaban J connectivity index is 2.79. The number of rotatable bonds is 9. The lowest BCUT2D eigenvalue weighted by Crippen LogP contribution is -2.43. The number of carbonyl (C=O) groups is 3. The van der Waals surface area contributed by atoms with Gasteiger partial charge in [0.05, 0.1) is 12.7 Å². The van der Waals surface area contributed by atoms with Gasteiger partial charge in [0.25, 0.3) is 11.8 Å². The highest BCUT2D eigenvalue weighted by Gasteiger charge is 2.24. The van der Waals surface area contributed by atoms with Crippen LogP contribution in [0, 0.1) is 0 Å². The Morgan fingerprint density at radius 1 is 1.25 bits per heavy atom. The maximum Gasteiger partial charge on any atom is 0.329 e. The van der Waals surface area contributed by atoms with Crippen molar-refractivity contribution in [1.82, 2.24) is 10.6 Å². The molecule has 0 bridgehead atoms. The molecule has 0 saturated carbocycles. The first-order chi connectivity index (χ1) is 11.5. The Morgan fingerprint density at radius 3 is 2.58 bits per heavy atom. The lowest BCUT2D eigenvalue weighted by Gasteiger charge is -2.18. The molecular formula is C16H22N2O5S. The minimum absolute atomic E-state index is 0.327. The standard InChI is InChI=1S/C16H22N2O5S/c1-17-14(19)10-23-16(21)12(8-9-24-3)18-15(20)11-6-4-5-7-13(11)22-2/h4-7,12H,8-10H2,1-3H3,(H,17,19)(H,18,20)/t12-/m1/s1. The first-order valence-electron chi connectivity index (χ1n) is 7.33. The zero-order chi connectivity index (χ0) is 17.9. The number of nitrogens with one attached hydrogen (secondary N) is 2. The predicted molar refractivity (Wildman–Crippen MR) is 92.3 cm³/mol. The van der Waals surface area contributed by atoms with Gasteiger partial charge < -0.3 is 20.1 Å². The molecule has 0 aliphatic heterocycles. The van der Waals surface area contributed by atoms with Gasteiger partial charge in [0.15, 0.2) is 6.61 Å². The number of likely N-dealkylation sites (N-methyl/N-ethyl adjacent to an activating group) is 1. The summed E-state index contributed by atoms with van der Waals surface area (Å²) >= 11 is 1.54. The molecule has 24 heavy (non-hydrogen) atoms. The van der Waals surface area contributed by atoms with Crippen LogP contribution >= 0.6 is 11.8 Å². The summed E-state index contributed by atoms with van der Waals surface area (Å²) in [4.78, 5) is 35.7. The smallest absolute Gasteiger partial charge is 0.329 e. The van der Waals surface area contributed by atoms with Crippen LogP contribution in [0.1, 0.15) is 16.8 Å². The normalized spacial score (nSPS) is 11.3. The second-order valence-corrected chi connectivity index (χ2v) is 5.77. The molecule has 0 aliphatic carbocycles. The number of esters is 1. The average molecular weight is 354 g/mol. The lowest BCUT2D eigenvalue weighted by molar-refractivity contribution is -0.150. The van der Waals surface area contributed by atoms with E-state index in [2.05, 4.69) is 10.6 Å². The third-order valence-electron chi connectivity index (χ3n) is 3.18. The van der Waals surface area contributed by atoms with Crippen molar-refractivity contribution in [3.63, 3.8) is 0 Å². The minimum Gasteiger partial charge on any atom is -0.496 e. The van der Waals surface area contributed by atoms with Crippen molar-refractivity contribution in [2.45, 2.75) is 12.5 Å². The Labute approximate surface area is 145 Å². The Hall–Kier alpha value is -2.22. The largest absolute Gasteiger partial charge is 0.496 e. The molecule has 0 radical (unpaired) electrons. The van der Waals surface area contributed by atoms with E-state index < -0.39 is 23.8 Å². The summed E-state index contributed by atoms with van der Waals surface area (Å²) in [5.74, 6) is -0.418. The number of benzene rings is 1. The van der Waals surface area contributed by atoms with Crippen LogP contribution in [0.2, 0.25) is 0 Å². The molecule has 132 valence electrons.